The van der Waals surface area contributed by atoms with Crippen molar-refractivity contribution >= 4 is 26.9 Å². The molecule has 0 saturated carbocycles. The van der Waals surface area contributed by atoms with Gasteiger partial charge in [0.2, 0.25) is 0 Å². The fourth-order valence-corrected chi connectivity index (χ4v) is 1.59. The molecule has 0 radical (unpaired) electrons. The SMILES string of the molecule is O=c1oc2ccccc2cc1CBr. The topological polar surface area (TPSA) is 30.2 Å². The molecule has 0 aliphatic heterocycles. The zero-order chi connectivity index (χ0) is 9.26. The van der Waals surface area contributed by atoms with E-state index in [4.69, 9.17) is 4.42 Å². The van der Waals surface area contributed by atoms with Crippen molar-refractivity contribution in [3.63, 3.8) is 0 Å². The van der Waals surface area contributed by atoms with Crippen molar-refractivity contribution < 1.29 is 4.42 Å². The van der Waals surface area contributed by atoms with Crippen LogP contribution < -0.4 is 5.63 Å². The molecular weight excluding hydrogens is 232 g/mol. The number of rotatable bonds is 1. The molecule has 0 N–H and O–H groups in total. The summed E-state index contributed by atoms with van der Waals surface area (Å²) in [4.78, 5) is 11.3. The average Bonchev–Trinajstić information content (AvgIpc) is 2.17. The van der Waals surface area contributed by atoms with Gasteiger partial charge >= 0.3 is 5.63 Å². The van der Waals surface area contributed by atoms with Crippen LogP contribution in [0.2, 0.25) is 0 Å². The lowest BCUT2D eigenvalue weighted by Crippen LogP contribution is -2.04. The van der Waals surface area contributed by atoms with Gasteiger partial charge in [-0.25, -0.2) is 4.79 Å². The van der Waals surface area contributed by atoms with E-state index in [9.17, 15) is 4.79 Å². The molecule has 13 heavy (non-hydrogen) atoms. The van der Waals surface area contributed by atoms with Crippen LogP contribution in [0.4, 0.5) is 0 Å². The molecule has 0 saturated heterocycles. The third-order valence-electron chi connectivity index (χ3n) is 1.86. The summed E-state index contributed by atoms with van der Waals surface area (Å²) < 4.78 is 5.10. The summed E-state index contributed by atoms with van der Waals surface area (Å²) in [6, 6.07) is 9.31. The first kappa shape index (κ1) is 8.51. The van der Waals surface area contributed by atoms with Crippen LogP contribution in [0.3, 0.4) is 0 Å². The van der Waals surface area contributed by atoms with E-state index in [-0.39, 0.29) is 5.63 Å². The second kappa shape index (κ2) is 3.34. The molecule has 0 aliphatic rings. The Morgan fingerprint density at radius 2 is 2.08 bits per heavy atom. The number of halogens is 1. The highest BCUT2D eigenvalue weighted by Crippen LogP contribution is 2.13. The molecule has 1 aromatic carbocycles. The van der Waals surface area contributed by atoms with Crippen LogP contribution in [-0.2, 0) is 5.33 Å². The first-order valence-corrected chi connectivity index (χ1v) is 5.01. The first-order chi connectivity index (χ1) is 6.31. The summed E-state index contributed by atoms with van der Waals surface area (Å²) in [6.45, 7) is 0. The van der Waals surface area contributed by atoms with Gasteiger partial charge in [0.05, 0.1) is 0 Å². The lowest BCUT2D eigenvalue weighted by molar-refractivity contribution is 0.554. The van der Waals surface area contributed by atoms with Gasteiger partial charge in [-0.2, -0.15) is 0 Å². The van der Waals surface area contributed by atoms with E-state index < -0.39 is 0 Å². The Morgan fingerprint density at radius 3 is 2.85 bits per heavy atom. The maximum atomic E-state index is 11.3. The Bertz CT molecular complexity index is 487. The van der Waals surface area contributed by atoms with Gasteiger partial charge in [-0.1, -0.05) is 34.1 Å². The van der Waals surface area contributed by atoms with E-state index in [1.165, 1.54) is 0 Å². The number of hydrogen-bond donors (Lipinski definition) is 0. The van der Waals surface area contributed by atoms with Gasteiger partial charge in [-0.3, -0.25) is 0 Å². The minimum absolute atomic E-state index is 0.268. The molecule has 0 fully saturated rings. The number of hydrogen-bond acceptors (Lipinski definition) is 2. The summed E-state index contributed by atoms with van der Waals surface area (Å²) >= 11 is 3.23. The van der Waals surface area contributed by atoms with Crippen molar-refractivity contribution in [1.82, 2.24) is 0 Å². The molecule has 1 heterocycles. The summed E-state index contributed by atoms with van der Waals surface area (Å²) in [7, 11) is 0. The summed E-state index contributed by atoms with van der Waals surface area (Å²) in [5, 5.41) is 1.48. The first-order valence-electron chi connectivity index (χ1n) is 3.89. The molecule has 1 aromatic heterocycles. The quantitative estimate of drug-likeness (QED) is 0.565. The minimum atomic E-state index is -0.268. The lowest BCUT2D eigenvalue weighted by Gasteiger charge is -1.97. The molecular formula is C10H7BrO2. The van der Waals surface area contributed by atoms with Crippen molar-refractivity contribution in [2.75, 3.05) is 0 Å². The van der Waals surface area contributed by atoms with E-state index in [1.807, 2.05) is 24.3 Å². The predicted molar refractivity (Wildman–Crippen MR) is 55.1 cm³/mol. The lowest BCUT2D eigenvalue weighted by atomic mass is 10.2. The fraction of sp³-hybridized carbons (Fsp3) is 0.100. The minimum Gasteiger partial charge on any atom is -0.423 e. The van der Waals surface area contributed by atoms with Crippen molar-refractivity contribution in [2.45, 2.75) is 5.33 Å². The van der Waals surface area contributed by atoms with Crippen LogP contribution in [0.1, 0.15) is 5.56 Å². The third-order valence-corrected chi connectivity index (χ3v) is 2.46. The van der Waals surface area contributed by atoms with Crippen molar-refractivity contribution in [3.8, 4) is 0 Å². The molecule has 2 rings (SSSR count). The van der Waals surface area contributed by atoms with Gasteiger partial charge in [0.25, 0.3) is 0 Å². The van der Waals surface area contributed by atoms with Gasteiger partial charge in [0, 0.05) is 16.3 Å². The van der Waals surface area contributed by atoms with Gasteiger partial charge in [-0.15, -0.1) is 0 Å². The zero-order valence-electron chi connectivity index (χ0n) is 6.79. The van der Waals surface area contributed by atoms with E-state index in [2.05, 4.69) is 15.9 Å². The second-order valence-corrected chi connectivity index (χ2v) is 3.29. The van der Waals surface area contributed by atoms with Crippen LogP contribution >= 0.6 is 15.9 Å². The van der Waals surface area contributed by atoms with E-state index in [1.54, 1.807) is 6.07 Å². The smallest absolute Gasteiger partial charge is 0.340 e. The summed E-state index contributed by atoms with van der Waals surface area (Å²) in [6.07, 6.45) is 0. The maximum Gasteiger partial charge on any atom is 0.340 e. The molecule has 0 aliphatic carbocycles. The van der Waals surface area contributed by atoms with Gasteiger partial charge in [0.15, 0.2) is 0 Å². The van der Waals surface area contributed by atoms with E-state index in [0.29, 0.717) is 16.5 Å². The Kier molecular flexibility index (Phi) is 2.19. The zero-order valence-corrected chi connectivity index (χ0v) is 8.37. The third kappa shape index (κ3) is 1.52. The Balaban J connectivity index is 2.81. The Morgan fingerprint density at radius 1 is 1.31 bits per heavy atom. The fourth-order valence-electron chi connectivity index (χ4n) is 1.20. The van der Waals surface area contributed by atoms with Crippen LogP contribution in [0.25, 0.3) is 11.0 Å². The molecule has 3 heteroatoms. The van der Waals surface area contributed by atoms with Gasteiger partial charge in [-0.05, 0) is 12.1 Å². The van der Waals surface area contributed by atoms with E-state index in [0.717, 1.165) is 5.39 Å². The van der Waals surface area contributed by atoms with Crippen LogP contribution in [-0.4, -0.2) is 0 Å². The molecule has 2 nitrogen and oxygen atoms in total. The molecule has 66 valence electrons. The average molecular weight is 239 g/mol. The molecule has 0 amide bonds. The van der Waals surface area contributed by atoms with Crippen LogP contribution in [0, 0.1) is 0 Å². The highest BCUT2D eigenvalue weighted by atomic mass is 79.9. The highest BCUT2D eigenvalue weighted by molar-refractivity contribution is 9.08. The standard InChI is InChI=1S/C10H7BrO2/c11-6-8-5-7-3-1-2-4-9(7)13-10(8)12/h1-5H,6H2. The highest BCUT2D eigenvalue weighted by Gasteiger charge is 2.01. The molecule has 0 atom stereocenters. The monoisotopic (exact) mass is 238 g/mol. The molecule has 0 unspecified atom stereocenters. The predicted octanol–water partition coefficient (Wildman–Crippen LogP) is 2.69. The summed E-state index contributed by atoms with van der Waals surface area (Å²) in [5.74, 6) is 0. The maximum absolute atomic E-state index is 11.3. The molecule has 0 bridgehead atoms. The normalized spacial score (nSPS) is 10.5. The van der Waals surface area contributed by atoms with Crippen molar-refractivity contribution in [1.29, 1.82) is 0 Å². The van der Waals surface area contributed by atoms with Crippen molar-refractivity contribution in [2.24, 2.45) is 0 Å². The second-order valence-electron chi connectivity index (χ2n) is 2.73. The van der Waals surface area contributed by atoms with E-state index >= 15 is 0 Å². The molecule has 0 spiro atoms. The number of fused-ring (bicyclic) bond motifs is 1. The number of alkyl halides is 1. The number of benzene rings is 1. The van der Waals surface area contributed by atoms with Crippen LogP contribution in [0.15, 0.2) is 39.5 Å². The largest absolute Gasteiger partial charge is 0.423 e. The summed E-state index contributed by atoms with van der Waals surface area (Å²) in [5.41, 5.74) is 1.02. The van der Waals surface area contributed by atoms with Crippen molar-refractivity contribution in [3.05, 3.63) is 46.3 Å². The van der Waals surface area contributed by atoms with Gasteiger partial charge in [0.1, 0.15) is 5.58 Å². The Labute approximate surface area is 83.3 Å². The molecule has 2 aromatic rings. The number of para-hydroxylation sites is 1. The van der Waals surface area contributed by atoms with Gasteiger partial charge < -0.3 is 4.42 Å². The Hall–Kier alpha value is -1.09. The van der Waals surface area contributed by atoms with Crippen LogP contribution in [0.5, 0.6) is 0 Å².